The number of imide groups is 1. The van der Waals surface area contributed by atoms with Crippen LogP contribution in [0.25, 0.3) is 28.1 Å². The highest BCUT2D eigenvalue weighted by Crippen LogP contribution is 2.36. The van der Waals surface area contributed by atoms with E-state index >= 15 is 4.39 Å². The predicted octanol–water partition coefficient (Wildman–Crippen LogP) is 5.85. The number of sulfonamides is 1. The number of carbonyl (C=O) groups is 2. The molecule has 0 radical (unpaired) electrons. The third-order valence-corrected chi connectivity index (χ3v) is 12.9. The maximum absolute atomic E-state index is 16.0. The van der Waals surface area contributed by atoms with Gasteiger partial charge in [0, 0.05) is 99.4 Å². The Bertz CT molecular complexity index is 2340. The number of benzene rings is 2. The Morgan fingerprint density at radius 3 is 2.28 bits per heavy atom. The number of carbonyl (C=O) groups excluding carboxylic acids is 2. The average molecular weight is 806 g/mol. The molecule has 0 saturated carbocycles. The second-order valence-corrected chi connectivity index (χ2v) is 17.2. The highest BCUT2D eigenvalue weighted by molar-refractivity contribution is 7.92. The van der Waals surface area contributed by atoms with Crippen molar-refractivity contribution in [2.24, 2.45) is 5.92 Å². The first-order chi connectivity index (χ1) is 28.1. The van der Waals surface area contributed by atoms with Gasteiger partial charge in [0.25, 0.3) is 0 Å². The molecule has 3 saturated heterocycles. The fourth-order valence-electron chi connectivity index (χ4n) is 8.25. The summed E-state index contributed by atoms with van der Waals surface area (Å²) in [5.41, 5.74) is 4.79. The number of nitrogens with one attached hydrogen (secondary N) is 2. The Kier molecular flexibility index (Phi) is 11.5. The zero-order valence-electron chi connectivity index (χ0n) is 32.6. The van der Waals surface area contributed by atoms with Gasteiger partial charge in [-0.2, -0.15) is 5.10 Å². The van der Waals surface area contributed by atoms with E-state index in [1.165, 1.54) is 6.07 Å². The predicted molar refractivity (Wildman–Crippen MR) is 223 cm³/mol. The number of piperazine rings is 1. The first-order valence-corrected chi connectivity index (χ1v) is 21.7. The maximum Gasteiger partial charge on any atom is 0.234 e. The lowest BCUT2D eigenvalue weighted by Gasteiger charge is -2.40. The number of hydrogen-bond acceptors (Lipinski definition) is 10. The minimum atomic E-state index is -3.69. The zero-order valence-corrected chi connectivity index (χ0v) is 33.4. The molecule has 0 aliphatic carbocycles. The highest BCUT2D eigenvalue weighted by atomic mass is 32.2. The molecule has 13 nitrogen and oxygen atoms in total. The SMILES string of the molecule is CCCS(=O)(=O)Nc1cccc(-c2cn(-c3ccc(N4CCN(CC5CCN(c6ccc([C@H]7CCC(=O)NC7=O)cn6)CC5)CC4)cc3)nc2-c2ccncc2)c1F. The van der Waals surface area contributed by atoms with E-state index < -0.39 is 15.8 Å². The van der Waals surface area contributed by atoms with Gasteiger partial charge in [-0.3, -0.25) is 29.5 Å². The van der Waals surface area contributed by atoms with Crippen molar-refractivity contribution in [3.8, 4) is 28.1 Å². The summed E-state index contributed by atoms with van der Waals surface area (Å²) >= 11 is 0. The van der Waals surface area contributed by atoms with Gasteiger partial charge in [0.2, 0.25) is 21.8 Å². The van der Waals surface area contributed by atoms with Gasteiger partial charge in [0.15, 0.2) is 5.82 Å². The van der Waals surface area contributed by atoms with Crippen LogP contribution in [0, 0.1) is 11.7 Å². The van der Waals surface area contributed by atoms with Crippen molar-refractivity contribution in [3.05, 3.63) is 103 Å². The first kappa shape index (κ1) is 39.2. The monoisotopic (exact) mass is 805 g/mol. The smallest absolute Gasteiger partial charge is 0.234 e. The number of nitrogens with zero attached hydrogens (tertiary/aromatic N) is 7. The molecule has 15 heteroatoms. The summed E-state index contributed by atoms with van der Waals surface area (Å²) in [4.78, 5) is 39.9. The lowest BCUT2D eigenvalue weighted by Crippen LogP contribution is -2.49. The number of halogens is 1. The molecule has 3 aliphatic heterocycles. The summed E-state index contributed by atoms with van der Waals surface area (Å²) in [6.07, 6.45) is 10.4. The number of amides is 2. The summed E-state index contributed by atoms with van der Waals surface area (Å²) in [6, 6.07) is 20.6. The first-order valence-electron chi connectivity index (χ1n) is 20.1. The normalized spacial score (nSPS) is 18.3. The van der Waals surface area contributed by atoms with Crippen molar-refractivity contribution in [3.63, 3.8) is 0 Å². The van der Waals surface area contributed by atoms with Crippen molar-refractivity contribution in [1.82, 2.24) is 30.0 Å². The van der Waals surface area contributed by atoms with E-state index in [4.69, 9.17) is 5.10 Å². The molecule has 3 aromatic heterocycles. The van der Waals surface area contributed by atoms with Crippen LogP contribution in [0.5, 0.6) is 0 Å². The van der Waals surface area contributed by atoms with Gasteiger partial charge in [-0.1, -0.05) is 25.1 Å². The van der Waals surface area contributed by atoms with E-state index in [0.29, 0.717) is 36.4 Å². The van der Waals surface area contributed by atoms with E-state index in [1.54, 1.807) is 48.5 Å². The van der Waals surface area contributed by atoms with Crippen molar-refractivity contribution in [2.45, 2.75) is 44.9 Å². The van der Waals surface area contributed by atoms with E-state index in [1.807, 2.05) is 36.4 Å². The van der Waals surface area contributed by atoms with E-state index in [-0.39, 0.29) is 34.7 Å². The second-order valence-electron chi connectivity index (χ2n) is 15.3. The fraction of sp³-hybridized carbons (Fsp3) is 0.372. The fourth-order valence-corrected chi connectivity index (χ4v) is 9.38. The van der Waals surface area contributed by atoms with Crippen LogP contribution in [0.3, 0.4) is 0 Å². The molecule has 302 valence electrons. The largest absolute Gasteiger partial charge is 0.369 e. The van der Waals surface area contributed by atoms with Crippen molar-refractivity contribution >= 4 is 39.0 Å². The molecular weight excluding hydrogens is 758 g/mol. The molecule has 0 bridgehead atoms. The Morgan fingerprint density at radius 2 is 1.59 bits per heavy atom. The minimum Gasteiger partial charge on any atom is -0.369 e. The zero-order chi connectivity index (χ0) is 40.2. The van der Waals surface area contributed by atoms with Gasteiger partial charge >= 0.3 is 0 Å². The van der Waals surface area contributed by atoms with Crippen molar-refractivity contribution < 1.29 is 22.4 Å². The summed E-state index contributed by atoms with van der Waals surface area (Å²) in [5, 5.41) is 7.32. The Balaban J connectivity index is 0.873. The molecule has 8 rings (SSSR count). The quantitative estimate of drug-likeness (QED) is 0.148. The molecule has 0 unspecified atom stereocenters. The Labute approximate surface area is 338 Å². The number of hydrogen-bond donors (Lipinski definition) is 2. The summed E-state index contributed by atoms with van der Waals surface area (Å²) in [7, 11) is -3.69. The Morgan fingerprint density at radius 1 is 0.845 bits per heavy atom. The highest BCUT2D eigenvalue weighted by Gasteiger charge is 2.29. The van der Waals surface area contributed by atoms with Crippen LogP contribution in [0.15, 0.2) is 91.5 Å². The summed E-state index contributed by atoms with van der Waals surface area (Å²) in [6.45, 7) is 8.58. The average Bonchev–Trinajstić information content (AvgIpc) is 3.68. The van der Waals surface area contributed by atoms with Crippen LogP contribution >= 0.6 is 0 Å². The molecule has 3 fully saturated rings. The van der Waals surface area contributed by atoms with E-state index in [2.05, 4.69) is 46.8 Å². The van der Waals surface area contributed by atoms with Crippen LogP contribution in [-0.4, -0.2) is 96.4 Å². The number of piperidine rings is 2. The summed E-state index contributed by atoms with van der Waals surface area (Å²) < 4.78 is 45.1. The van der Waals surface area contributed by atoms with Gasteiger partial charge < -0.3 is 9.80 Å². The molecule has 58 heavy (non-hydrogen) atoms. The standard InChI is InChI=1S/C43H48FN9O4S/c1-2-26-58(56,57)49-38-5-3-4-36(41(38)44)37-29-53(48-42(37)31-14-18-45-19-15-31)34-9-7-33(8-10-34)51-24-22-50(23-25-51)28-30-16-20-52(21-17-30)39-12-6-32(27-46-39)35-11-13-40(54)47-43(35)55/h3-10,12,14-15,18-19,27,29-30,35,49H,2,11,13,16-17,20-26,28H2,1H3,(H,47,54,55)/t35-/m1/s1. The number of pyridine rings is 2. The third kappa shape index (κ3) is 8.75. The molecule has 2 aromatic carbocycles. The molecule has 3 aliphatic rings. The minimum absolute atomic E-state index is 0.0977. The van der Waals surface area contributed by atoms with E-state index in [0.717, 1.165) is 87.0 Å². The van der Waals surface area contributed by atoms with Crippen LogP contribution < -0.4 is 19.8 Å². The van der Waals surface area contributed by atoms with Gasteiger partial charge in [0.05, 0.1) is 23.0 Å². The van der Waals surface area contributed by atoms with Gasteiger partial charge in [-0.25, -0.2) is 22.5 Å². The third-order valence-electron chi connectivity index (χ3n) is 11.4. The van der Waals surface area contributed by atoms with Gasteiger partial charge in [-0.15, -0.1) is 0 Å². The molecule has 5 aromatic rings. The topological polar surface area (TPSA) is 146 Å². The van der Waals surface area contributed by atoms with Crippen molar-refractivity contribution in [1.29, 1.82) is 0 Å². The lowest BCUT2D eigenvalue weighted by atomic mass is 9.91. The maximum atomic E-state index is 16.0. The van der Waals surface area contributed by atoms with Crippen LogP contribution in [0.1, 0.15) is 50.5 Å². The molecule has 2 N–H and O–H groups in total. The second kappa shape index (κ2) is 17.0. The van der Waals surface area contributed by atoms with Gasteiger partial charge in [0.1, 0.15) is 11.5 Å². The van der Waals surface area contributed by atoms with Crippen LogP contribution in [-0.2, 0) is 19.6 Å². The molecular formula is C43H48FN9O4S. The molecule has 6 heterocycles. The number of anilines is 3. The molecule has 2 amide bonds. The molecule has 0 spiro atoms. The van der Waals surface area contributed by atoms with E-state index in [9.17, 15) is 18.0 Å². The lowest BCUT2D eigenvalue weighted by molar-refractivity contribution is -0.134. The van der Waals surface area contributed by atoms with Crippen LogP contribution in [0.4, 0.5) is 21.6 Å². The Hall–Kier alpha value is -5.67. The van der Waals surface area contributed by atoms with Gasteiger partial charge in [-0.05, 0) is 85.7 Å². The molecule has 1 atom stereocenters. The number of rotatable bonds is 12. The number of aromatic nitrogens is 4. The summed E-state index contributed by atoms with van der Waals surface area (Å²) in [5.74, 6) is 0.0383. The van der Waals surface area contributed by atoms with Crippen molar-refractivity contribution in [2.75, 3.05) is 66.1 Å². The van der Waals surface area contributed by atoms with Crippen LogP contribution in [0.2, 0.25) is 0 Å².